The number of carboxylic acids is 1. The van der Waals surface area contributed by atoms with Crippen LogP contribution in [0.15, 0.2) is 0 Å². The zero-order valence-corrected chi connectivity index (χ0v) is 9.32. The molecule has 2 N–H and O–H groups in total. The van der Waals surface area contributed by atoms with Gasteiger partial charge >= 0.3 is 5.97 Å². The topological polar surface area (TPSA) is 58.6 Å². The molecule has 15 heavy (non-hydrogen) atoms. The number of hydrogen-bond donors (Lipinski definition) is 2. The second kappa shape index (κ2) is 3.76. The number of nitrogens with one attached hydrogen (secondary N) is 1. The van der Waals surface area contributed by atoms with Crippen LogP contribution < -0.4 is 5.32 Å². The van der Waals surface area contributed by atoms with Crippen LogP contribution in [0.2, 0.25) is 0 Å². The maximum absolute atomic E-state index is 10.9. The normalized spacial score (nSPS) is 34.1. The van der Waals surface area contributed by atoms with Gasteiger partial charge in [0.1, 0.15) is 0 Å². The van der Waals surface area contributed by atoms with E-state index in [1.165, 1.54) is 6.42 Å². The summed E-state index contributed by atoms with van der Waals surface area (Å²) in [5.41, 5.74) is 0.208. The van der Waals surface area contributed by atoms with E-state index >= 15 is 0 Å². The molecule has 4 heteroatoms. The predicted octanol–water partition coefficient (Wildman–Crippen LogP) is 1.21. The van der Waals surface area contributed by atoms with Gasteiger partial charge in [0.05, 0.1) is 6.61 Å². The standard InChI is InChI=1S/C11H19NO3/c1-7(2)8-11(4-3-5-11)6-15-9(12-8)10(13)14/h7-9,12H,3-6H2,1-2H3,(H,13,14). The summed E-state index contributed by atoms with van der Waals surface area (Å²) in [6, 6.07) is 0.279. The van der Waals surface area contributed by atoms with Crippen molar-refractivity contribution in [2.75, 3.05) is 6.61 Å². The van der Waals surface area contributed by atoms with Gasteiger partial charge in [0.25, 0.3) is 0 Å². The molecular weight excluding hydrogens is 194 g/mol. The molecule has 2 fully saturated rings. The summed E-state index contributed by atoms with van der Waals surface area (Å²) in [4.78, 5) is 10.9. The Balaban J connectivity index is 2.09. The van der Waals surface area contributed by atoms with E-state index in [9.17, 15) is 4.79 Å². The molecule has 1 aliphatic carbocycles. The quantitative estimate of drug-likeness (QED) is 0.724. The van der Waals surface area contributed by atoms with E-state index in [-0.39, 0.29) is 11.5 Å². The van der Waals surface area contributed by atoms with Crippen LogP contribution in [0.5, 0.6) is 0 Å². The molecule has 0 amide bonds. The van der Waals surface area contributed by atoms with Gasteiger partial charge in [-0.2, -0.15) is 0 Å². The molecule has 4 nitrogen and oxygen atoms in total. The first-order valence-corrected chi connectivity index (χ1v) is 5.66. The summed E-state index contributed by atoms with van der Waals surface area (Å²) in [6.07, 6.45) is 2.75. The van der Waals surface area contributed by atoms with Crippen molar-refractivity contribution in [3.63, 3.8) is 0 Å². The lowest BCUT2D eigenvalue weighted by molar-refractivity contribution is -0.177. The van der Waals surface area contributed by atoms with E-state index in [2.05, 4.69) is 19.2 Å². The third kappa shape index (κ3) is 1.76. The van der Waals surface area contributed by atoms with Crippen molar-refractivity contribution < 1.29 is 14.6 Å². The number of aliphatic carboxylic acids is 1. The summed E-state index contributed by atoms with van der Waals surface area (Å²) in [7, 11) is 0. The van der Waals surface area contributed by atoms with Gasteiger partial charge in [-0.05, 0) is 18.8 Å². The Bertz CT molecular complexity index is 261. The average Bonchev–Trinajstić information content (AvgIpc) is 2.14. The van der Waals surface area contributed by atoms with Crippen molar-refractivity contribution in [1.82, 2.24) is 5.32 Å². The first-order chi connectivity index (χ1) is 7.05. The van der Waals surface area contributed by atoms with Crippen LogP contribution in [0.1, 0.15) is 33.1 Å². The summed E-state index contributed by atoms with van der Waals surface area (Å²) in [5, 5.41) is 12.0. The SMILES string of the molecule is CC(C)C1NC(C(=O)O)OCC12CCC2. The minimum atomic E-state index is -0.908. The van der Waals surface area contributed by atoms with Gasteiger partial charge in [0, 0.05) is 11.5 Å². The lowest BCUT2D eigenvalue weighted by Crippen LogP contribution is -2.64. The summed E-state index contributed by atoms with van der Waals surface area (Å²) < 4.78 is 5.37. The Kier molecular flexibility index (Phi) is 2.73. The first-order valence-electron chi connectivity index (χ1n) is 5.66. The van der Waals surface area contributed by atoms with Crippen LogP contribution in [0.3, 0.4) is 0 Å². The molecular formula is C11H19NO3. The molecule has 0 aromatic heterocycles. The second-order valence-corrected chi connectivity index (χ2v) is 5.13. The van der Waals surface area contributed by atoms with Crippen molar-refractivity contribution in [2.24, 2.45) is 11.3 Å². The number of carbonyl (C=O) groups is 1. The van der Waals surface area contributed by atoms with Crippen LogP contribution in [0.4, 0.5) is 0 Å². The minimum Gasteiger partial charge on any atom is -0.478 e. The lowest BCUT2D eigenvalue weighted by atomic mass is 9.61. The predicted molar refractivity (Wildman–Crippen MR) is 55.4 cm³/mol. The van der Waals surface area contributed by atoms with E-state index in [0.717, 1.165) is 12.8 Å². The van der Waals surface area contributed by atoms with Crippen molar-refractivity contribution in [1.29, 1.82) is 0 Å². The molecule has 0 radical (unpaired) electrons. The molecule has 2 atom stereocenters. The van der Waals surface area contributed by atoms with Gasteiger partial charge in [-0.1, -0.05) is 20.3 Å². The second-order valence-electron chi connectivity index (χ2n) is 5.13. The fraction of sp³-hybridized carbons (Fsp3) is 0.909. The first kappa shape index (κ1) is 10.9. The zero-order valence-electron chi connectivity index (χ0n) is 9.32. The smallest absolute Gasteiger partial charge is 0.348 e. The molecule has 1 heterocycles. The largest absolute Gasteiger partial charge is 0.478 e. The Morgan fingerprint density at radius 1 is 1.53 bits per heavy atom. The fourth-order valence-corrected chi connectivity index (χ4v) is 2.86. The van der Waals surface area contributed by atoms with Crippen LogP contribution in [-0.2, 0) is 9.53 Å². The van der Waals surface area contributed by atoms with Crippen LogP contribution >= 0.6 is 0 Å². The molecule has 2 aliphatic rings. The highest BCUT2D eigenvalue weighted by atomic mass is 16.5. The van der Waals surface area contributed by atoms with Gasteiger partial charge in [-0.15, -0.1) is 0 Å². The van der Waals surface area contributed by atoms with Crippen molar-refractivity contribution in [3.05, 3.63) is 0 Å². The van der Waals surface area contributed by atoms with E-state index in [1.54, 1.807) is 0 Å². The molecule has 2 unspecified atom stereocenters. The van der Waals surface area contributed by atoms with Gasteiger partial charge in [0.15, 0.2) is 0 Å². The molecule has 1 saturated carbocycles. The van der Waals surface area contributed by atoms with Crippen molar-refractivity contribution in [2.45, 2.75) is 45.4 Å². The maximum Gasteiger partial charge on any atom is 0.348 e. The number of carboxylic acid groups (broad SMARTS) is 1. The Morgan fingerprint density at radius 3 is 2.60 bits per heavy atom. The van der Waals surface area contributed by atoms with Gasteiger partial charge < -0.3 is 9.84 Å². The van der Waals surface area contributed by atoms with E-state index in [0.29, 0.717) is 12.5 Å². The zero-order chi connectivity index (χ0) is 11.1. The third-order valence-corrected chi connectivity index (χ3v) is 3.77. The fourth-order valence-electron chi connectivity index (χ4n) is 2.86. The van der Waals surface area contributed by atoms with Gasteiger partial charge in [-0.3, -0.25) is 5.32 Å². The Hall–Kier alpha value is -0.610. The third-order valence-electron chi connectivity index (χ3n) is 3.77. The van der Waals surface area contributed by atoms with Crippen molar-refractivity contribution >= 4 is 5.97 Å². The van der Waals surface area contributed by atoms with E-state index < -0.39 is 12.2 Å². The highest BCUT2D eigenvalue weighted by Crippen LogP contribution is 2.48. The van der Waals surface area contributed by atoms with Gasteiger partial charge in [0.2, 0.25) is 6.23 Å². The van der Waals surface area contributed by atoms with Crippen LogP contribution in [0.25, 0.3) is 0 Å². The molecule has 0 aromatic carbocycles. The van der Waals surface area contributed by atoms with Crippen LogP contribution in [-0.4, -0.2) is 30.0 Å². The maximum atomic E-state index is 10.9. The monoisotopic (exact) mass is 213 g/mol. The summed E-state index contributed by atoms with van der Waals surface area (Å²) in [6.45, 7) is 4.88. The number of ether oxygens (including phenoxy) is 1. The highest BCUT2D eigenvalue weighted by Gasteiger charge is 2.50. The molecule has 1 aliphatic heterocycles. The molecule has 0 aromatic rings. The van der Waals surface area contributed by atoms with Crippen LogP contribution in [0, 0.1) is 11.3 Å². The van der Waals surface area contributed by atoms with Gasteiger partial charge in [-0.25, -0.2) is 4.79 Å². The lowest BCUT2D eigenvalue weighted by Gasteiger charge is -2.53. The molecule has 1 spiro atoms. The molecule has 2 rings (SSSR count). The average molecular weight is 213 g/mol. The summed E-state index contributed by atoms with van der Waals surface area (Å²) >= 11 is 0. The number of hydrogen-bond acceptors (Lipinski definition) is 3. The highest BCUT2D eigenvalue weighted by molar-refractivity contribution is 5.72. The molecule has 1 saturated heterocycles. The molecule has 0 bridgehead atoms. The summed E-state index contributed by atoms with van der Waals surface area (Å²) in [5.74, 6) is -0.453. The number of rotatable bonds is 2. The molecule has 86 valence electrons. The Labute approximate surface area is 90.0 Å². The minimum absolute atomic E-state index is 0.208. The Morgan fingerprint density at radius 2 is 2.20 bits per heavy atom. The van der Waals surface area contributed by atoms with E-state index in [1.807, 2.05) is 0 Å². The van der Waals surface area contributed by atoms with Crippen molar-refractivity contribution in [3.8, 4) is 0 Å². The van der Waals surface area contributed by atoms with E-state index in [4.69, 9.17) is 9.84 Å².